The van der Waals surface area contributed by atoms with E-state index in [1.807, 2.05) is 11.8 Å². The van der Waals surface area contributed by atoms with E-state index in [9.17, 15) is 0 Å². The third-order valence-corrected chi connectivity index (χ3v) is 6.06. The van der Waals surface area contributed by atoms with Crippen LogP contribution in [0.4, 0.5) is 0 Å². The number of benzene rings is 1. The maximum absolute atomic E-state index is 6.51. The molecule has 4 heteroatoms. The van der Waals surface area contributed by atoms with Crippen LogP contribution in [0.5, 0.6) is 0 Å². The average Bonchev–Trinajstić information content (AvgIpc) is 2.86. The first-order valence-electron chi connectivity index (χ1n) is 6.91. The minimum Gasteiger partial charge on any atom is -0.374 e. The molecule has 0 saturated carbocycles. The molecule has 104 valence electrons. The van der Waals surface area contributed by atoms with Gasteiger partial charge in [0.2, 0.25) is 0 Å². The number of hydrogen-bond donors (Lipinski definition) is 1. The van der Waals surface area contributed by atoms with Crippen molar-refractivity contribution < 1.29 is 4.74 Å². The van der Waals surface area contributed by atoms with Crippen molar-refractivity contribution in [3.63, 3.8) is 0 Å². The first-order chi connectivity index (χ1) is 9.19. The van der Waals surface area contributed by atoms with Crippen molar-refractivity contribution in [3.05, 3.63) is 34.3 Å². The van der Waals surface area contributed by atoms with Crippen molar-refractivity contribution in [2.45, 2.75) is 30.9 Å². The molecule has 2 fully saturated rings. The van der Waals surface area contributed by atoms with Gasteiger partial charge in [-0.1, -0.05) is 28.1 Å². The highest BCUT2D eigenvalue weighted by Crippen LogP contribution is 2.43. The molecule has 0 radical (unpaired) electrons. The molecular formula is C15H20BrNOS. The molecule has 2 aliphatic rings. The molecule has 2 N–H and O–H groups in total. The minimum atomic E-state index is 0.122. The fourth-order valence-electron chi connectivity index (χ4n) is 3.22. The van der Waals surface area contributed by atoms with Gasteiger partial charge in [-0.2, -0.15) is 11.8 Å². The van der Waals surface area contributed by atoms with Crippen LogP contribution >= 0.6 is 27.7 Å². The lowest BCUT2D eigenvalue weighted by molar-refractivity contribution is -0.0834. The molecule has 1 aromatic carbocycles. The lowest BCUT2D eigenvalue weighted by Gasteiger charge is -2.40. The van der Waals surface area contributed by atoms with Crippen molar-refractivity contribution in [3.8, 4) is 0 Å². The zero-order chi connectivity index (χ0) is 13.3. The summed E-state index contributed by atoms with van der Waals surface area (Å²) in [6.45, 7) is 0.868. The largest absolute Gasteiger partial charge is 0.374 e. The van der Waals surface area contributed by atoms with Crippen LogP contribution in [0.15, 0.2) is 28.7 Å². The van der Waals surface area contributed by atoms with Crippen LogP contribution in [-0.2, 0) is 4.74 Å². The smallest absolute Gasteiger partial charge is 0.0783 e. The first kappa shape index (κ1) is 13.9. The molecule has 0 aromatic heterocycles. The van der Waals surface area contributed by atoms with E-state index in [0.29, 0.717) is 5.92 Å². The molecule has 0 aliphatic carbocycles. The Morgan fingerprint density at radius 2 is 2.37 bits per heavy atom. The fourth-order valence-corrected chi connectivity index (χ4v) is 5.02. The van der Waals surface area contributed by atoms with Gasteiger partial charge in [-0.05, 0) is 48.6 Å². The van der Waals surface area contributed by atoms with E-state index in [2.05, 4.69) is 40.2 Å². The summed E-state index contributed by atoms with van der Waals surface area (Å²) >= 11 is 5.55. The van der Waals surface area contributed by atoms with E-state index < -0.39 is 0 Å². The van der Waals surface area contributed by atoms with Crippen LogP contribution in [0.1, 0.15) is 30.9 Å². The topological polar surface area (TPSA) is 35.2 Å². The van der Waals surface area contributed by atoms with Crippen molar-refractivity contribution in [2.75, 3.05) is 18.1 Å². The molecule has 2 nitrogen and oxygen atoms in total. The SMILES string of the molecule is NC(c1cccc(Br)c1)C1CCOC2(CCSC2)C1. The standard InChI is InChI=1S/C15H20BrNOS/c16-13-3-1-2-11(8-13)14(17)12-4-6-18-15(9-12)5-7-19-10-15/h1-3,8,12,14H,4-7,9-10,17H2. The Balaban J connectivity index is 1.74. The number of thioether (sulfide) groups is 1. The van der Waals surface area contributed by atoms with Gasteiger partial charge < -0.3 is 10.5 Å². The van der Waals surface area contributed by atoms with Gasteiger partial charge >= 0.3 is 0 Å². The Hall–Kier alpha value is -0.0300. The summed E-state index contributed by atoms with van der Waals surface area (Å²) in [7, 11) is 0. The third kappa shape index (κ3) is 3.02. The summed E-state index contributed by atoms with van der Waals surface area (Å²) in [5.74, 6) is 2.93. The van der Waals surface area contributed by atoms with Crippen molar-refractivity contribution in [1.29, 1.82) is 0 Å². The molecule has 2 saturated heterocycles. The number of rotatable bonds is 2. The Morgan fingerprint density at radius 1 is 1.47 bits per heavy atom. The second-order valence-corrected chi connectivity index (χ2v) is 7.69. The van der Waals surface area contributed by atoms with Gasteiger partial charge in [-0.15, -0.1) is 0 Å². The third-order valence-electron chi connectivity index (χ3n) is 4.34. The van der Waals surface area contributed by atoms with E-state index in [4.69, 9.17) is 10.5 Å². The van der Waals surface area contributed by atoms with E-state index in [-0.39, 0.29) is 11.6 Å². The maximum atomic E-state index is 6.51. The lowest BCUT2D eigenvalue weighted by Crippen LogP contribution is -2.42. The van der Waals surface area contributed by atoms with Gasteiger partial charge in [0.1, 0.15) is 0 Å². The van der Waals surface area contributed by atoms with Crippen LogP contribution in [0.3, 0.4) is 0 Å². The summed E-state index contributed by atoms with van der Waals surface area (Å²) in [6.07, 6.45) is 3.40. The van der Waals surface area contributed by atoms with Crippen LogP contribution in [0.2, 0.25) is 0 Å². The van der Waals surface area contributed by atoms with Gasteiger partial charge in [0.15, 0.2) is 0 Å². The second kappa shape index (κ2) is 5.76. The van der Waals surface area contributed by atoms with E-state index >= 15 is 0 Å². The van der Waals surface area contributed by atoms with Crippen molar-refractivity contribution in [2.24, 2.45) is 11.7 Å². The van der Waals surface area contributed by atoms with Gasteiger partial charge in [-0.25, -0.2) is 0 Å². The van der Waals surface area contributed by atoms with Gasteiger partial charge in [0, 0.05) is 22.9 Å². The fraction of sp³-hybridized carbons (Fsp3) is 0.600. The molecule has 2 aliphatic heterocycles. The molecule has 3 unspecified atom stereocenters. The molecule has 1 aromatic rings. The van der Waals surface area contributed by atoms with E-state index in [1.54, 1.807) is 0 Å². The first-order valence-corrected chi connectivity index (χ1v) is 8.86. The number of nitrogens with two attached hydrogens (primary N) is 1. The maximum Gasteiger partial charge on any atom is 0.0783 e. The summed E-state index contributed by atoms with van der Waals surface area (Å²) in [5, 5.41) is 0. The van der Waals surface area contributed by atoms with Crippen molar-refractivity contribution in [1.82, 2.24) is 0 Å². The molecule has 0 amide bonds. The predicted octanol–water partition coefficient (Wildman–Crippen LogP) is 3.75. The van der Waals surface area contributed by atoms with Gasteiger partial charge in [0.25, 0.3) is 0 Å². The average molecular weight is 342 g/mol. The lowest BCUT2D eigenvalue weighted by atomic mass is 9.79. The zero-order valence-corrected chi connectivity index (χ0v) is 13.4. The molecule has 2 heterocycles. The summed E-state index contributed by atoms with van der Waals surface area (Å²) in [4.78, 5) is 0. The minimum absolute atomic E-state index is 0.122. The number of halogens is 1. The quantitative estimate of drug-likeness (QED) is 0.889. The molecule has 3 atom stereocenters. The van der Waals surface area contributed by atoms with Crippen LogP contribution in [-0.4, -0.2) is 23.7 Å². The highest BCUT2D eigenvalue weighted by atomic mass is 79.9. The van der Waals surface area contributed by atoms with E-state index in [1.165, 1.54) is 17.7 Å². The normalized spacial score (nSPS) is 32.6. The molecule has 0 bridgehead atoms. The Kier molecular flexibility index (Phi) is 4.22. The van der Waals surface area contributed by atoms with Crippen molar-refractivity contribution >= 4 is 27.7 Å². The Labute approximate surface area is 127 Å². The van der Waals surface area contributed by atoms with Crippen LogP contribution in [0.25, 0.3) is 0 Å². The number of hydrogen-bond acceptors (Lipinski definition) is 3. The number of ether oxygens (including phenoxy) is 1. The van der Waals surface area contributed by atoms with E-state index in [0.717, 1.165) is 29.7 Å². The molecule has 3 rings (SSSR count). The summed E-state index contributed by atoms with van der Waals surface area (Å²) in [5.41, 5.74) is 7.87. The Morgan fingerprint density at radius 3 is 3.11 bits per heavy atom. The zero-order valence-electron chi connectivity index (χ0n) is 11.0. The molecular weight excluding hydrogens is 322 g/mol. The Bertz CT molecular complexity index is 448. The van der Waals surface area contributed by atoms with Gasteiger partial charge in [-0.3, -0.25) is 0 Å². The predicted molar refractivity (Wildman–Crippen MR) is 84.4 cm³/mol. The summed E-state index contributed by atoms with van der Waals surface area (Å²) < 4.78 is 7.19. The highest BCUT2D eigenvalue weighted by molar-refractivity contribution is 9.10. The molecule has 19 heavy (non-hydrogen) atoms. The van der Waals surface area contributed by atoms with Crippen LogP contribution in [0, 0.1) is 5.92 Å². The highest BCUT2D eigenvalue weighted by Gasteiger charge is 2.42. The molecule has 1 spiro atoms. The van der Waals surface area contributed by atoms with Gasteiger partial charge in [0.05, 0.1) is 5.60 Å². The monoisotopic (exact) mass is 341 g/mol. The second-order valence-electron chi connectivity index (χ2n) is 5.67. The summed E-state index contributed by atoms with van der Waals surface area (Å²) in [6, 6.07) is 8.54. The van der Waals surface area contributed by atoms with Crippen LogP contribution < -0.4 is 5.73 Å².